The number of aromatic nitrogens is 8. The minimum absolute atomic E-state index is 0.0306. The molecule has 5 N–H and O–H groups in total. The zero-order valence-corrected chi connectivity index (χ0v) is 18.6. The third-order valence-corrected chi connectivity index (χ3v) is 6.82. The number of carbonyl (C=O) groups excluding carboxylic acids is 1. The number of nitrogens with zero attached hydrogens (tertiary/aromatic N) is 6. The van der Waals surface area contributed by atoms with Gasteiger partial charge in [-0.25, -0.2) is 0 Å². The molecule has 0 atom stereocenters. The van der Waals surface area contributed by atoms with E-state index in [1.165, 1.54) is 51.4 Å². The molecule has 1 amide bonds. The summed E-state index contributed by atoms with van der Waals surface area (Å²) in [5, 5.41) is 31.1. The molecule has 0 saturated heterocycles. The van der Waals surface area contributed by atoms with Gasteiger partial charge in [0.25, 0.3) is 0 Å². The first-order valence-corrected chi connectivity index (χ1v) is 11.4. The highest BCUT2D eigenvalue weighted by Crippen LogP contribution is 2.38. The van der Waals surface area contributed by atoms with Crippen molar-refractivity contribution in [2.75, 3.05) is 13.1 Å². The first-order chi connectivity index (χ1) is 15.0. The fourth-order valence-corrected chi connectivity index (χ4v) is 4.97. The molecule has 2 fully saturated rings. The molecule has 2 aromatic rings. The predicted molar refractivity (Wildman–Crippen MR) is 115 cm³/mol. The second kappa shape index (κ2) is 11.3. The van der Waals surface area contributed by atoms with Gasteiger partial charge in [0.1, 0.15) is 0 Å². The lowest BCUT2D eigenvalue weighted by Crippen LogP contribution is -2.40. The molecule has 0 radical (unpaired) electrons. The summed E-state index contributed by atoms with van der Waals surface area (Å²) in [6.45, 7) is 3.02. The van der Waals surface area contributed by atoms with Crippen LogP contribution >= 0.6 is 0 Å². The Kier molecular flexibility index (Phi) is 8.44. The van der Waals surface area contributed by atoms with Crippen molar-refractivity contribution in [3.8, 4) is 0 Å². The Morgan fingerprint density at radius 1 is 0.871 bits per heavy atom. The van der Waals surface area contributed by atoms with Crippen LogP contribution in [0.2, 0.25) is 0 Å². The zero-order valence-electron chi connectivity index (χ0n) is 18.6. The molecule has 0 spiro atoms. The molecule has 11 nitrogen and oxygen atoms in total. The number of aromatic amines is 2. The van der Waals surface area contributed by atoms with Crippen molar-refractivity contribution >= 4 is 5.91 Å². The lowest BCUT2D eigenvalue weighted by molar-refractivity contribution is -0.119. The Balaban J connectivity index is 0.000000179. The molecule has 0 unspecified atom stereocenters. The third-order valence-electron chi connectivity index (χ3n) is 6.82. The van der Waals surface area contributed by atoms with Crippen LogP contribution < -0.4 is 11.1 Å². The second-order valence-electron chi connectivity index (χ2n) is 9.24. The summed E-state index contributed by atoms with van der Waals surface area (Å²) in [4.78, 5) is 11.1. The van der Waals surface area contributed by atoms with Crippen LogP contribution in [-0.4, -0.2) is 60.2 Å². The minimum Gasteiger partial charge on any atom is -0.356 e. The molecular weight excluding hydrogens is 396 g/mol. The van der Waals surface area contributed by atoms with E-state index in [-0.39, 0.29) is 16.7 Å². The monoisotopic (exact) mass is 432 g/mol. The van der Waals surface area contributed by atoms with Crippen LogP contribution in [0, 0.1) is 10.8 Å². The van der Waals surface area contributed by atoms with Gasteiger partial charge < -0.3 is 11.1 Å². The summed E-state index contributed by atoms with van der Waals surface area (Å²) in [5.41, 5.74) is 6.23. The topological polar surface area (TPSA) is 164 Å². The summed E-state index contributed by atoms with van der Waals surface area (Å²) in [6.07, 6.45) is 14.0. The maximum Gasteiger partial charge on any atom is 0.216 e. The van der Waals surface area contributed by atoms with E-state index in [0.29, 0.717) is 0 Å². The fourth-order valence-electron chi connectivity index (χ4n) is 4.97. The largest absolute Gasteiger partial charge is 0.356 e. The number of nitrogens with one attached hydrogen (secondary N) is 3. The van der Waals surface area contributed by atoms with Gasteiger partial charge in [-0.1, -0.05) is 49.0 Å². The third kappa shape index (κ3) is 7.05. The molecular formula is C20H36N10O. The van der Waals surface area contributed by atoms with E-state index in [0.717, 1.165) is 50.4 Å². The molecule has 0 aromatic carbocycles. The number of nitrogens with two attached hydrogens (primary N) is 1. The number of H-pyrrole nitrogens is 2. The van der Waals surface area contributed by atoms with Crippen LogP contribution in [0.4, 0.5) is 0 Å². The average Bonchev–Trinajstić information content (AvgIpc) is 3.49. The number of rotatable bonds is 7. The number of amides is 1. The van der Waals surface area contributed by atoms with Crippen molar-refractivity contribution < 1.29 is 4.79 Å². The van der Waals surface area contributed by atoms with Crippen molar-refractivity contribution in [3.63, 3.8) is 0 Å². The van der Waals surface area contributed by atoms with Crippen molar-refractivity contribution in [3.05, 3.63) is 11.6 Å². The van der Waals surface area contributed by atoms with E-state index >= 15 is 0 Å². The quantitative estimate of drug-likeness (QED) is 0.511. The average molecular weight is 433 g/mol. The Hall–Kier alpha value is -2.43. The Bertz CT molecular complexity index is 749. The molecule has 2 aliphatic rings. The smallest absolute Gasteiger partial charge is 0.216 e. The predicted octanol–water partition coefficient (Wildman–Crippen LogP) is 1.48. The second-order valence-corrected chi connectivity index (χ2v) is 9.24. The number of hydrogen-bond acceptors (Lipinski definition) is 8. The van der Waals surface area contributed by atoms with Gasteiger partial charge in [-0.2, -0.15) is 10.4 Å². The summed E-state index contributed by atoms with van der Waals surface area (Å²) < 4.78 is 0. The Morgan fingerprint density at radius 3 is 1.77 bits per heavy atom. The number of carbonyl (C=O) groups is 1. The molecule has 0 bridgehead atoms. The molecule has 4 rings (SSSR count). The van der Waals surface area contributed by atoms with Crippen molar-refractivity contribution in [1.29, 1.82) is 0 Å². The molecule has 2 heterocycles. The molecule has 0 aliphatic heterocycles. The van der Waals surface area contributed by atoms with Gasteiger partial charge in [-0.05, 0) is 43.1 Å². The van der Waals surface area contributed by atoms with Crippen molar-refractivity contribution in [1.82, 2.24) is 46.6 Å². The van der Waals surface area contributed by atoms with Crippen LogP contribution in [-0.2, 0) is 17.6 Å². The Morgan fingerprint density at radius 2 is 1.35 bits per heavy atom. The maximum atomic E-state index is 11.1. The lowest BCUT2D eigenvalue weighted by Gasteiger charge is -2.36. The van der Waals surface area contributed by atoms with E-state index in [9.17, 15) is 4.79 Å². The first-order valence-electron chi connectivity index (χ1n) is 11.4. The van der Waals surface area contributed by atoms with Crippen molar-refractivity contribution in [2.24, 2.45) is 16.6 Å². The van der Waals surface area contributed by atoms with E-state index in [4.69, 9.17) is 5.73 Å². The maximum absolute atomic E-state index is 11.1. The van der Waals surface area contributed by atoms with Gasteiger partial charge in [0.2, 0.25) is 5.91 Å². The number of hydrogen-bond donors (Lipinski definition) is 4. The SMILES string of the molecule is CC(=O)NCC1(Cc2nn[nH]n2)CCCCC1.NCC1(Cc2nn[nH]n2)CCCCC1. The van der Waals surface area contributed by atoms with Crippen LogP contribution in [0.1, 0.15) is 82.8 Å². The summed E-state index contributed by atoms with van der Waals surface area (Å²) >= 11 is 0. The molecule has 172 valence electrons. The highest BCUT2D eigenvalue weighted by Gasteiger charge is 2.34. The van der Waals surface area contributed by atoms with Crippen LogP contribution in [0.25, 0.3) is 0 Å². The number of tetrazole rings is 2. The molecule has 31 heavy (non-hydrogen) atoms. The van der Waals surface area contributed by atoms with E-state index in [1.54, 1.807) is 6.92 Å². The van der Waals surface area contributed by atoms with Gasteiger partial charge >= 0.3 is 0 Å². The molecule has 2 aromatic heterocycles. The molecule has 11 heteroatoms. The first kappa shape index (κ1) is 23.2. The lowest BCUT2D eigenvalue weighted by atomic mass is 9.71. The van der Waals surface area contributed by atoms with Gasteiger partial charge in [-0.15, -0.1) is 20.4 Å². The van der Waals surface area contributed by atoms with Crippen LogP contribution in [0.5, 0.6) is 0 Å². The molecule has 2 saturated carbocycles. The summed E-state index contributed by atoms with van der Waals surface area (Å²) in [6, 6.07) is 0. The Labute approximate surface area is 183 Å². The van der Waals surface area contributed by atoms with E-state index in [1.807, 2.05) is 0 Å². The van der Waals surface area contributed by atoms with Crippen LogP contribution in [0.15, 0.2) is 0 Å². The highest BCUT2D eigenvalue weighted by atomic mass is 16.1. The van der Waals surface area contributed by atoms with E-state index < -0.39 is 0 Å². The molecule has 2 aliphatic carbocycles. The summed E-state index contributed by atoms with van der Waals surface area (Å²) in [5.74, 6) is 1.58. The van der Waals surface area contributed by atoms with E-state index in [2.05, 4.69) is 46.6 Å². The highest BCUT2D eigenvalue weighted by molar-refractivity contribution is 5.72. The minimum atomic E-state index is 0.0306. The normalized spacial score (nSPS) is 19.8. The van der Waals surface area contributed by atoms with Gasteiger partial charge in [-0.3, -0.25) is 4.79 Å². The summed E-state index contributed by atoms with van der Waals surface area (Å²) in [7, 11) is 0. The van der Waals surface area contributed by atoms with Gasteiger partial charge in [0.15, 0.2) is 11.6 Å². The van der Waals surface area contributed by atoms with Gasteiger partial charge in [0, 0.05) is 26.3 Å². The van der Waals surface area contributed by atoms with Gasteiger partial charge in [0.05, 0.1) is 0 Å². The fraction of sp³-hybridized carbons (Fsp3) is 0.850. The van der Waals surface area contributed by atoms with Crippen molar-refractivity contribution in [2.45, 2.75) is 84.0 Å². The van der Waals surface area contributed by atoms with Crippen LogP contribution in [0.3, 0.4) is 0 Å². The standard InChI is InChI=1S/C11H19N5O.C9H17N5/c1-9(17)12-8-11(5-3-2-4-6-11)7-10-13-15-16-14-10;10-7-9(4-2-1-3-5-9)6-8-11-13-14-12-8/h2-8H2,1H3,(H,12,17)(H,13,14,15,16);1-7,10H2,(H,11,12,13,14). The zero-order chi connectivity index (χ0) is 22.0.